The van der Waals surface area contributed by atoms with Crippen molar-refractivity contribution in [2.24, 2.45) is 0 Å². The molecule has 0 amide bonds. The Morgan fingerprint density at radius 2 is 2.16 bits per heavy atom. The molecule has 7 heteroatoms. The van der Waals surface area contributed by atoms with Crippen LogP contribution in [0.25, 0.3) is 0 Å². The molecular formula is C12H13BN2O3S. The molecule has 5 nitrogen and oxygen atoms in total. The SMILES string of the molecule is COc1ccc(B(O)O)cc1CSc1ccncn1. The molecule has 0 fully saturated rings. The molecule has 1 aromatic carbocycles. The molecule has 0 aliphatic rings. The van der Waals surface area contributed by atoms with Crippen LogP contribution in [0.5, 0.6) is 5.75 Å². The lowest BCUT2D eigenvalue weighted by Crippen LogP contribution is -2.30. The summed E-state index contributed by atoms with van der Waals surface area (Å²) >= 11 is 1.53. The van der Waals surface area contributed by atoms with Crippen LogP contribution < -0.4 is 10.2 Å². The van der Waals surface area contributed by atoms with E-state index in [1.54, 1.807) is 31.5 Å². The fourth-order valence-electron chi connectivity index (χ4n) is 1.59. The van der Waals surface area contributed by atoms with Crippen LogP contribution in [0.3, 0.4) is 0 Å². The van der Waals surface area contributed by atoms with Crippen molar-refractivity contribution in [3.8, 4) is 5.75 Å². The Labute approximate surface area is 115 Å². The highest BCUT2D eigenvalue weighted by molar-refractivity contribution is 7.98. The highest BCUT2D eigenvalue weighted by Crippen LogP contribution is 2.25. The third-order valence-electron chi connectivity index (χ3n) is 2.53. The minimum absolute atomic E-state index is 0.444. The first kappa shape index (κ1) is 13.9. The molecule has 0 bridgehead atoms. The van der Waals surface area contributed by atoms with Gasteiger partial charge in [0.1, 0.15) is 12.1 Å². The summed E-state index contributed by atoms with van der Waals surface area (Å²) in [5.41, 5.74) is 1.33. The van der Waals surface area contributed by atoms with E-state index >= 15 is 0 Å². The number of aromatic nitrogens is 2. The number of hydrogen-bond acceptors (Lipinski definition) is 6. The van der Waals surface area contributed by atoms with E-state index in [2.05, 4.69) is 9.97 Å². The van der Waals surface area contributed by atoms with E-state index in [1.807, 2.05) is 6.07 Å². The van der Waals surface area contributed by atoms with Gasteiger partial charge < -0.3 is 14.8 Å². The first-order valence-corrected chi connectivity index (χ1v) is 6.61. The Morgan fingerprint density at radius 1 is 1.32 bits per heavy atom. The van der Waals surface area contributed by atoms with Crippen molar-refractivity contribution >= 4 is 24.3 Å². The summed E-state index contributed by atoms with van der Waals surface area (Å²) in [5, 5.41) is 19.2. The molecule has 2 rings (SSSR count). The highest BCUT2D eigenvalue weighted by Gasteiger charge is 2.14. The van der Waals surface area contributed by atoms with Crippen molar-refractivity contribution < 1.29 is 14.8 Å². The van der Waals surface area contributed by atoms with E-state index in [9.17, 15) is 10.0 Å². The van der Waals surface area contributed by atoms with Gasteiger partial charge in [-0.25, -0.2) is 9.97 Å². The number of rotatable bonds is 5. The first-order valence-electron chi connectivity index (χ1n) is 5.62. The fraction of sp³-hybridized carbons (Fsp3) is 0.167. The van der Waals surface area contributed by atoms with Gasteiger partial charge in [0.15, 0.2) is 0 Å². The fourth-order valence-corrected chi connectivity index (χ4v) is 2.40. The van der Waals surface area contributed by atoms with Crippen LogP contribution >= 0.6 is 11.8 Å². The van der Waals surface area contributed by atoms with Crippen LogP contribution in [0.4, 0.5) is 0 Å². The average molecular weight is 276 g/mol. The second-order valence-corrected chi connectivity index (χ2v) is 4.78. The van der Waals surface area contributed by atoms with Gasteiger partial charge in [-0.3, -0.25) is 0 Å². The summed E-state index contributed by atoms with van der Waals surface area (Å²) in [6, 6.07) is 6.90. The van der Waals surface area contributed by atoms with Gasteiger partial charge in [-0.2, -0.15) is 0 Å². The number of ether oxygens (including phenoxy) is 1. The zero-order chi connectivity index (χ0) is 13.7. The Kier molecular flexibility index (Phi) is 4.78. The smallest absolute Gasteiger partial charge is 0.488 e. The lowest BCUT2D eigenvalue weighted by Gasteiger charge is -2.10. The Balaban J connectivity index is 2.16. The van der Waals surface area contributed by atoms with Crippen LogP contribution in [0, 0.1) is 0 Å². The van der Waals surface area contributed by atoms with Crippen molar-refractivity contribution in [2.75, 3.05) is 7.11 Å². The number of methoxy groups -OCH3 is 1. The molecular weight excluding hydrogens is 263 g/mol. The zero-order valence-corrected chi connectivity index (χ0v) is 11.2. The van der Waals surface area contributed by atoms with Crippen molar-refractivity contribution in [1.29, 1.82) is 0 Å². The van der Waals surface area contributed by atoms with E-state index in [0.717, 1.165) is 10.6 Å². The van der Waals surface area contributed by atoms with Gasteiger partial charge in [0.2, 0.25) is 0 Å². The molecule has 2 aromatic rings. The first-order chi connectivity index (χ1) is 9.20. The summed E-state index contributed by atoms with van der Waals surface area (Å²) < 4.78 is 5.26. The van der Waals surface area contributed by atoms with Gasteiger partial charge in [0, 0.05) is 17.5 Å². The minimum Gasteiger partial charge on any atom is -0.496 e. The highest BCUT2D eigenvalue weighted by atomic mass is 32.2. The minimum atomic E-state index is -1.48. The second kappa shape index (κ2) is 6.56. The van der Waals surface area contributed by atoms with Crippen molar-refractivity contribution in [3.05, 3.63) is 42.4 Å². The van der Waals surface area contributed by atoms with E-state index in [-0.39, 0.29) is 0 Å². The molecule has 0 unspecified atom stereocenters. The summed E-state index contributed by atoms with van der Waals surface area (Å²) in [4.78, 5) is 7.98. The average Bonchev–Trinajstić information content (AvgIpc) is 2.45. The molecule has 1 aromatic heterocycles. The van der Waals surface area contributed by atoms with Gasteiger partial charge >= 0.3 is 7.12 Å². The van der Waals surface area contributed by atoms with E-state index in [4.69, 9.17) is 4.74 Å². The monoisotopic (exact) mass is 276 g/mol. The van der Waals surface area contributed by atoms with Gasteiger partial charge in [0.25, 0.3) is 0 Å². The maximum atomic E-state index is 9.18. The molecule has 0 aliphatic heterocycles. The Bertz CT molecular complexity index is 540. The zero-order valence-electron chi connectivity index (χ0n) is 10.4. The van der Waals surface area contributed by atoms with Crippen molar-refractivity contribution in [2.45, 2.75) is 10.8 Å². The third-order valence-corrected chi connectivity index (χ3v) is 3.53. The second-order valence-electron chi connectivity index (χ2n) is 3.78. The Morgan fingerprint density at radius 3 is 2.79 bits per heavy atom. The normalized spacial score (nSPS) is 10.3. The van der Waals surface area contributed by atoms with Crippen LogP contribution in [0.15, 0.2) is 41.8 Å². The summed E-state index contributed by atoms with van der Waals surface area (Å²) in [6.07, 6.45) is 3.17. The van der Waals surface area contributed by atoms with Crippen LogP contribution in [0.2, 0.25) is 0 Å². The van der Waals surface area contributed by atoms with Crippen LogP contribution in [0.1, 0.15) is 5.56 Å². The largest absolute Gasteiger partial charge is 0.496 e. The molecule has 2 N–H and O–H groups in total. The Hall–Kier alpha value is -1.57. The molecule has 98 valence electrons. The number of thioether (sulfide) groups is 1. The summed E-state index contributed by atoms with van der Waals surface area (Å²) in [5.74, 6) is 1.34. The molecule has 0 spiro atoms. The third kappa shape index (κ3) is 3.70. The molecule has 0 saturated carbocycles. The predicted molar refractivity (Wildman–Crippen MR) is 74.4 cm³/mol. The molecule has 0 radical (unpaired) electrons. The number of benzene rings is 1. The molecule has 1 heterocycles. The topological polar surface area (TPSA) is 75.5 Å². The summed E-state index contributed by atoms with van der Waals surface area (Å²) in [7, 11) is 0.108. The lowest BCUT2D eigenvalue weighted by molar-refractivity contribution is 0.410. The molecule has 0 aliphatic carbocycles. The predicted octanol–water partition coefficient (Wildman–Crippen LogP) is 0.457. The molecule has 0 saturated heterocycles. The van der Waals surface area contributed by atoms with E-state index in [1.165, 1.54) is 18.1 Å². The van der Waals surface area contributed by atoms with Gasteiger partial charge in [-0.15, -0.1) is 11.8 Å². The number of nitrogens with zero attached hydrogens (tertiary/aromatic N) is 2. The quantitative estimate of drug-likeness (QED) is 0.469. The number of hydrogen-bond donors (Lipinski definition) is 2. The van der Waals surface area contributed by atoms with Gasteiger partial charge in [-0.05, 0) is 17.6 Å². The summed E-state index contributed by atoms with van der Waals surface area (Å²) in [6.45, 7) is 0. The maximum Gasteiger partial charge on any atom is 0.488 e. The van der Waals surface area contributed by atoms with Crippen molar-refractivity contribution in [3.63, 3.8) is 0 Å². The van der Waals surface area contributed by atoms with Crippen molar-refractivity contribution in [1.82, 2.24) is 9.97 Å². The van der Waals surface area contributed by atoms with Crippen LogP contribution in [-0.2, 0) is 5.75 Å². The molecule has 0 atom stereocenters. The molecule has 19 heavy (non-hydrogen) atoms. The van der Waals surface area contributed by atoms with Gasteiger partial charge in [-0.1, -0.05) is 12.1 Å². The maximum absolute atomic E-state index is 9.18. The van der Waals surface area contributed by atoms with E-state index < -0.39 is 7.12 Å². The lowest BCUT2D eigenvalue weighted by atomic mass is 9.79. The van der Waals surface area contributed by atoms with Gasteiger partial charge in [0.05, 0.1) is 12.1 Å². The standard InChI is InChI=1S/C12H13BN2O3S/c1-18-11-3-2-10(13(16)17)6-9(11)7-19-12-4-5-14-8-15-12/h2-6,8,16-17H,7H2,1H3. The van der Waals surface area contributed by atoms with E-state index in [0.29, 0.717) is 17.0 Å². The van der Waals surface area contributed by atoms with Crippen LogP contribution in [-0.4, -0.2) is 34.2 Å².